The first-order valence-electron chi connectivity index (χ1n) is 10.2. The number of aliphatic carboxylic acids is 1. The van der Waals surface area contributed by atoms with Gasteiger partial charge in [-0.15, -0.1) is 0 Å². The van der Waals surface area contributed by atoms with E-state index in [1.807, 2.05) is 11.9 Å². The summed E-state index contributed by atoms with van der Waals surface area (Å²) in [6.07, 6.45) is -4.93. The third-order valence-electron chi connectivity index (χ3n) is 5.28. The Morgan fingerprint density at radius 1 is 1.21 bits per heavy atom. The molecule has 0 aliphatic carbocycles. The van der Waals surface area contributed by atoms with Crippen molar-refractivity contribution in [3.63, 3.8) is 0 Å². The number of aliphatic hydroxyl groups excluding tert-OH is 4. The van der Waals surface area contributed by atoms with Crippen LogP contribution in [-0.4, -0.2) is 87.7 Å². The van der Waals surface area contributed by atoms with Gasteiger partial charge < -0.3 is 35.8 Å². The highest BCUT2D eigenvalue weighted by Gasteiger charge is 2.27. The summed E-state index contributed by atoms with van der Waals surface area (Å²) in [4.78, 5) is 45.4. The number of aryl methyl sites for hydroxylation is 1. The van der Waals surface area contributed by atoms with Crippen molar-refractivity contribution in [1.82, 2.24) is 19.5 Å². The van der Waals surface area contributed by atoms with Gasteiger partial charge in [0.05, 0.1) is 24.2 Å². The Hall–Kier alpha value is -2.88. The first-order chi connectivity index (χ1) is 16.0. The fourth-order valence-electron chi connectivity index (χ4n) is 3.36. The Labute approximate surface area is 196 Å². The number of carboxylic acid groups (broad SMARTS) is 1. The predicted molar refractivity (Wildman–Crippen MR) is 123 cm³/mol. The lowest BCUT2D eigenvalue weighted by atomic mass is 10.1. The van der Waals surface area contributed by atoms with Crippen LogP contribution in [0.1, 0.15) is 11.1 Å². The van der Waals surface area contributed by atoms with E-state index >= 15 is 0 Å². The minimum absolute atomic E-state index is 0.138. The highest BCUT2D eigenvalue weighted by molar-refractivity contribution is 7.98. The van der Waals surface area contributed by atoms with Gasteiger partial charge in [-0.3, -0.25) is 14.6 Å². The number of aromatic amines is 1. The summed E-state index contributed by atoms with van der Waals surface area (Å²) in [5, 5.41) is 48.3. The molecule has 0 fully saturated rings. The number of aromatic nitrogens is 4. The average Bonchev–Trinajstić information content (AvgIpc) is 2.78. The third kappa shape index (κ3) is 5.43. The van der Waals surface area contributed by atoms with Crippen molar-refractivity contribution in [3.8, 4) is 11.5 Å². The van der Waals surface area contributed by atoms with Crippen molar-refractivity contribution in [2.24, 2.45) is 5.73 Å². The number of nitrogens with one attached hydrogen (secondary N) is 1. The molecule has 8 N–H and O–H groups in total. The molecule has 4 atom stereocenters. The van der Waals surface area contributed by atoms with Gasteiger partial charge in [0.1, 0.15) is 24.4 Å². The van der Waals surface area contributed by atoms with E-state index in [0.29, 0.717) is 16.8 Å². The van der Waals surface area contributed by atoms with Crippen LogP contribution in [-0.2, 0) is 17.1 Å². The van der Waals surface area contributed by atoms with E-state index in [0.717, 1.165) is 11.1 Å². The van der Waals surface area contributed by atoms with E-state index in [4.69, 9.17) is 15.9 Å². The molecule has 1 unspecified atom stereocenters. The molecule has 0 amide bonds. The largest absolute Gasteiger partial charge is 0.480 e. The Bertz CT molecular complexity index is 1280. The maximum Gasteiger partial charge on any atom is 0.349 e. The number of rotatable bonds is 10. The maximum absolute atomic E-state index is 12.4. The zero-order valence-corrected chi connectivity index (χ0v) is 18.9. The first-order valence-corrected chi connectivity index (χ1v) is 11.3. The summed E-state index contributed by atoms with van der Waals surface area (Å²) in [6.45, 7) is 0.633. The normalized spacial score (nSPS) is 15.4. The summed E-state index contributed by atoms with van der Waals surface area (Å²) < 4.78 is 1.34. The van der Waals surface area contributed by atoms with Gasteiger partial charge in [0.15, 0.2) is 11.5 Å². The fourth-order valence-corrected chi connectivity index (χ4v) is 4.40. The number of aliphatic hydroxyl groups is 4. The smallest absolute Gasteiger partial charge is 0.349 e. The number of carbonyl (C=O) groups is 1. The third-order valence-corrected chi connectivity index (χ3v) is 6.39. The van der Waals surface area contributed by atoms with Gasteiger partial charge >= 0.3 is 11.7 Å². The second-order valence-corrected chi connectivity index (χ2v) is 8.83. The number of carboxylic acids is 1. The number of hydrogen-bond acceptors (Lipinski definition) is 11. The highest BCUT2D eigenvalue weighted by atomic mass is 32.2. The molecule has 0 saturated heterocycles. The van der Waals surface area contributed by atoms with Gasteiger partial charge in [0, 0.05) is 11.5 Å². The summed E-state index contributed by atoms with van der Waals surface area (Å²) in [5.74, 6) is -0.687. The molecule has 0 radical (unpaired) electrons. The average molecular weight is 496 g/mol. The van der Waals surface area contributed by atoms with Gasteiger partial charge in [-0.25, -0.2) is 9.78 Å². The van der Waals surface area contributed by atoms with Crippen molar-refractivity contribution in [1.29, 1.82) is 0 Å². The van der Waals surface area contributed by atoms with Gasteiger partial charge in [0.25, 0.3) is 5.56 Å². The molecule has 1 aromatic carbocycles. The zero-order chi connectivity index (χ0) is 25.2. The lowest BCUT2D eigenvalue weighted by molar-refractivity contribution is -0.137. The molecule has 1 aromatic rings. The summed E-state index contributed by atoms with van der Waals surface area (Å²) in [6, 6.07) is 2.36. The van der Waals surface area contributed by atoms with Crippen LogP contribution in [0.25, 0.3) is 22.6 Å². The summed E-state index contributed by atoms with van der Waals surface area (Å²) in [7, 11) is 0. The number of thioether (sulfide) groups is 1. The Morgan fingerprint density at radius 2 is 1.91 bits per heavy atom. The van der Waals surface area contributed by atoms with E-state index in [-0.39, 0.29) is 23.8 Å². The Morgan fingerprint density at radius 3 is 2.56 bits per heavy atom. The minimum Gasteiger partial charge on any atom is -0.480 e. The van der Waals surface area contributed by atoms with Crippen LogP contribution in [0.15, 0.2) is 21.7 Å². The molecular weight excluding hydrogens is 470 g/mol. The number of nitrogens with two attached hydrogens (primary N) is 1. The fraction of sp³-hybridized carbons (Fsp3) is 0.450. The molecular formula is C20H25N5O8S. The maximum atomic E-state index is 12.4. The topological polar surface area (TPSA) is 225 Å². The molecule has 184 valence electrons. The van der Waals surface area contributed by atoms with Crippen molar-refractivity contribution >= 4 is 28.8 Å². The molecule has 0 saturated carbocycles. The van der Waals surface area contributed by atoms with Crippen LogP contribution in [0.2, 0.25) is 0 Å². The molecule has 2 aliphatic heterocycles. The quantitative estimate of drug-likeness (QED) is 0.146. The Balaban J connectivity index is 2.12. The minimum atomic E-state index is -1.72. The van der Waals surface area contributed by atoms with Crippen molar-refractivity contribution in [2.75, 3.05) is 12.4 Å². The van der Waals surface area contributed by atoms with Crippen LogP contribution in [0.3, 0.4) is 0 Å². The lowest BCUT2D eigenvalue weighted by Gasteiger charge is -2.25. The van der Waals surface area contributed by atoms with Crippen LogP contribution >= 0.6 is 11.8 Å². The van der Waals surface area contributed by atoms with E-state index in [1.165, 1.54) is 16.3 Å². The van der Waals surface area contributed by atoms with E-state index in [1.54, 1.807) is 12.1 Å². The second kappa shape index (κ2) is 10.6. The molecule has 3 rings (SSSR count). The molecule has 2 heterocycles. The molecule has 0 aromatic heterocycles. The van der Waals surface area contributed by atoms with Crippen molar-refractivity contribution in [2.45, 2.75) is 43.6 Å². The van der Waals surface area contributed by atoms with E-state index < -0.39 is 48.2 Å². The number of H-pyrrole nitrogens is 1. The molecule has 13 nitrogen and oxygen atoms in total. The molecule has 14 heteroatoms. The second-order valence-electron chi connectivity index (χ2n) is 7.80. The lowest BCUT2D eigenvalue weighted by Crippen LogP contribution is -2.42. The zero-order valence-electron chi connectivity index (χ0n) is 18.1. The van der Waals surface area contributed by atoms with Crippen LogP contribution in [0, 0.1) is 6.92 Å². The van der Waals surface area contributed by atoms with Gasteiger partial charge in [-0.2, -0.15) is 16.7 Å². The molecule has 0 bridgehead atoms. The number of fused-ring (bicyclic) bond motifs is 2. The highest BCUT2D eigenvalue weighted by Crippen LogP contribution is 2.27. The van der Waals surface area contributed by atoms with Crippen LogP contribution in [0.4, 0.5) is 0 Å². The van der Waals surface area contributed by atoms with Gasteiger partial charge in [-0.05, 0) is 30.2 Å². The SMILES string of the molecule is Cc1cc2nc3c(=O)[nH]c(=O)nc-3n(C[C@@H](O)[C@@H](O)[C@@H](O)CO)c2cc1CSCC(N)C(=O)O. The molecule has 0 spiro atoms. The summed E-state index contributed by atoms with van der Waals surface area (Å²) >= 11 is 1.30. The van der Waals surface area contributed by atoms with Crippen LogP contribution < -0.4 is 17.0 Å². The van der Waals surface area contributed by atoms with Crippen molar-refractivity contribution in [3.05, 3.63) is 44.1 Å². The number of benzene rings is 1. The number of hydrogen-bond donors (Lipinski definition) is 7. The van der Waals surface area contributed by atoms with Gasteiger partial charge in [-0.1, -0.05) is 0 Å². The number of nitrogens with zero attached hydrogens (tertiary/aromatic N) is 3. The van der Waals surface area contributed by atoms with E-state index in [2.05, 4.69) is 9.97 Å². The first kappa shape index (κ1) is 25.7. The standard InChI is InChI=1S/C20H25N5O8S/c1-8-2-11-12(3-9(8)6-34-7-10(21)19(31)32)25(4-13(27)16(29)14(28)5-26)17-15(22-11)18(30)24-20(33)23-17/h2-3,10,13-14,16,26-29H,4-7,21H2,1H3,(H,31,32)(H,24,30,33)/t10?,13-,14+,16-/m1/s1. The monoisotopic (exact) mass is 495 g/mol. The van der Waals surface area contributed by atoms with Gasteiger partial charge in [0.2, 0.25) is 0 Å². The molecule has 2 aliphatic rings. The van der Waals surface area contributed by atoms with Crippen molar-refractivity contribution < 1.29 is 30.3 Å². The predicted octanol–water partition coefficient (Wildman–Crippen LogP) is -2.39. The molecule has 34 heavy (non-hydrogen) atoms. The summed E-state index contributed by atoms with van der Waals surface area (Å²) in [5.41, 5.74) is 5.97. The van der Waals surface area contributed by atoms with Crippen LogP contribution in [0.5, 0.6) is 0 Å². The van der Waals surface area contributed by atoms with E-state index in [9.17, 15) is 29.7 Å². The Kier molecular flexibility index (Phi) is 8.01.